The number of methoxy groups -OCH3 is 1. The van der Waals surface area contributed by atoms with Crippen LogP contribution in [0.2, 0.25) is 0 Å². The zero-order chi connectivity index (χ0) is 8.77. The Hall–Kier alpha value is -0.860. The molecule has 0 bridgehead atoms. The molecule has 0 aromatic heterocycles. The fourth-order valence-electron chi connectivity index (χ4n) is 2.29. The molecule has 2 saturated carbocycles. The van der Waals surface area contributed by atoms with Crippen molar-refractivity contribution in [1.82, 2.24) is 0 Å². The first-order valence-electron chi connectivity index (χ1n) is 4.32. The van der Waals surface area contributed by atoms with E-state index in [9.17, 15) is 9.59 Å². The van der Waals surface area contributed by atoms with Crippen LogP contribution in [-0.4, -0.2) is 18.9 Å². The third kappa shape index (κ3) is 0.822. The number of carbonyl (C=O) groups excluding carboxylic acids is 2. The van der Waals surface area contributed by atoms with Gasteiger partial charge < -0.3 is 4.74 Å². The van der Waals surface area contributed by atoms with Gasteiger partial charge in [0.2, 0.25) is 0 Å². The molecular formula is C9H12O3. The number of esters is 1. The maximum atomic E-state index is 11.3. The number of ketones is 1. The number of hydrogen-bond donors (Lipinski definition) is 0. The summed E-state index contributed by atoms with van der Waals surface area (Å²) in [5.74, 6) is 0.0749. The molecule has 2 unspecified atom stereocenters. The number of Topliss-reactive ketones (excluding diaryl/α,β-unsaturated/α-hetero) is 1. The first-order valence-corrected chi connectivity index (χ1v) is 4.32. The molecule has 3 nitrogen and oxygen atoms in total. The summed E-state index contributed by atoms with van der Waals surface area (Å²) >= 11 is 0. The van der Waals surface area contributed by atoms with Crippen molar-refractivity contribution < 1.29 is 14.3 Å². The van der Waals surface area contributed by atoms with Crippen LogP contribution in [0.15, 0.2) is 0 Å². The largest absolute Gasteiger partial charge is 0.469 e. The van der Waals surface area contributed by atoms with Crippen LogP contribution in [0, 0.1) is 11.3 Å². The molecule has 0 aliphatic heterocycles. The van der Waals surface area contributed by atoms with Crippen molar-refractivity contribution in [3.05, 3.63) is 0 Å². The van der Waals surface area contributed by atoms with Crippen molar-refractivity contribution in [2.45, 2.75) is 25.7 Å². The van der Waals surface area contributed by atoms with Crippen molar-refractivity contribution in [2.75, 3.05) is 7.11 Å². The van der Waals surface area contributed by atoms with Crippen LogP contribution in [0.25, 0.3) is 0 Å². The average molecular weight is 168 g/mol. The van der Waals surface area contributed by atoms with Crippen molar-refractivity contribution >= 4 is 11.8 Å². The summed E-state index contributed by atoms with van der Waals surface area (Å²) in [6.45, 7) is 0. The standard InChI is InChI=1S/C9H12O3/c1-12-8(11)9-4-2-3-7(10)6(9)5-9/h6H,2-5H2,1H3. The maximum Gasteiger partial charge on any atom is 0.312 e. The highest BCUT2D eigenvalue weighted by atomic mass is 16.5. The minimum absolute atomic E-state index is 0.00120. The summed E-state index contributed by atoms with van der Waals surface area (Å²) in [4.78, 5) is 22.6. The van der Waals surface area contributed by atoms with Crippen molar-refractivity contribution in [2.24, 2.45) is 11.3 Å². The summed E-state index contributed by atoms with van der Waals surface area (Å²) in [6.07, 6.45) is 3.09. The highest BCUT2D eigenvalue weighted by Crippen LogP contribution is 2.60. The average Bonchev–Trinajstić information content (AvgIpc) is 2.80. The lowest BCUT2D eigenvalue weighted by molar-refractivity contribution is -0.150. The smallest absolute Gasteiger partial charge is 0.312 e. The number of hydrogen-bond acceptors (Lipinski definition) is 3. The fraction of sp³-hybridized carbons (Fsp3) is 0.778. The highest BCUT2D eigenvalue weighted by Gasteiger charge is 2.64. The van der Waals surface area contributed by atoms with E-state index in [0.717, 1.165) is 19.3 Å². The predicted octanol–water partition coefficient (Wildman–Crippen LogP) is 0.919. The van der Waals surface area contributed by atoms with Crippen LogP contribution in [0.1, 0.15) is 25.7 Å². The monoisotopic (exact) mass is 168 g/mol. The second kappa shape index (κ2) is 2.31. The lowest BCUT2D eigenvalue weighted by atomic mass is 9.88. The molecule has 2 rings (SSSR count). The molecule has 2 fully saturated rings. The fourth-order valence-corrected chi connectivity index (χ4v) is 2.29. The quantitative estimate of drug-likeness (QED) is 0.547. The minimum atomic E-state index is -0.385. The van der Waals surface area contributed by atoms with Gasteiger partial charge in [-0.25, -0.2) is 0 Å². The molecule has 0 N–H and O–H groups in total. The van der Waals surface area contributed by atoms with Gasteiger partial charge in [-0.1, -0.05) is 0 Å². The molecule has 0 spiro atoms. The number of carbonyl (C=O) groups is 2. The Kier molecular flexibility index (Phi) is 1.50. The summed E-state index contributed by atoms with van der Waals surface area (Å²) in [6, 6.07) is 0. The van der Waals surface area contributed by atoms with Crippen LogP contribution in [-0.2, 0) is 14.3 Å². The van der Waals surface area contributed by atoms with Gasteiger partial charge in [0.25, 0.3) is 0 Å². The van der Waals surface area contributed by atoms with Gasteiger partial charge in [0.1, 0.15) is 5.78 Å². The lowest BCUT2D eigenvalue weighted by Gasteiger charge is -2.17. The third-order valence-electron chi connectivity index (χ3n) is 3.10. The molecule has 0 saturated heterocycles. The summed E-state index contributed by atoms with van der Waals surface area (Å²) in [5, 5.41) is 0. The summed E-state index contributed by atoms with van der Waals surface area (Å²) in [7, 11) is 1.39. The number of fused-ring (bicyclic) bond motifs is 1. The van der Waals surface area contributed by atoms with Gasteiger partial charge in [-0.2, -0.15) is 0 Å². The Morgan fingerprint density at radius 2 is 2.42 bits per heavy atom. The third-order valence-corrected chi connectivity index (χ3v) is 3.10. The Bertz CT molecular complexity index is 246. The van der Waals surface area contributed by atoms with Crippen molar-refractivity contribution in [3.8, 4) is 0 Å². The topological polar surface area (TPSA) is 43.4 Å². The Morgan fingerprint density at radius 3 is 3.08 bits per heavy atom. The molecule has 0 amide bonds. The Balaban J connectivity index is 2.16. The van der Waals surface area contributed by atoms with E-state index in [-0.39, 0.29) is 23.1 Å². The molecule has 0 heterocycles. The predicted molar refractivity (Wildman–Crippen MR) is 41.4 cm³/mol. The van der Waals surface area contributed by atoms with Crippen LogP contribution in [0.5, 0.6) is 0 Å². The second-order valence-electron chi connectivity index (χ2n) is 3.72. The van der Waals surface area contributed by atoms with Gasteiger partial charge >= 0.3 is 5.97 Å². The minimum Gasteiger partial charge on any atom is -0.469 e. The van der Waals surface area contributed by atoms with E-state index >= 15 is 0 Å². The molecule has 66 valence electrons. The lowest BCUT2D eigenvalue weighted by Crippen LogP contribution is -2.26. The van der Waals surface area contributed by atoms with E-state index in [2.05, 4.69) is 0 Å². The van der Waals surface area contributed by atoms with Gasteiger partial charge in [0, 0.05) is 12.3 Å². The van der Waals surface area contributed by atoms with Crippen molar-refractivity contribution in [1.29, 1.82) is 0 Å². The van der Waals surface area contributed by atoms with Gasteiger partial charge in [0.15, 0.2) is 0 Å². The van der Waals surface area contributed by atoms with E-state index in [0.29, 0.717) is 6.42 Å². The normalized spacial score (nSPS) is 38.8. The molecule has 0 aromatic rings. The van der Waals surface area contributed by atoms with E-state index in [4.69, 9.17) is 4.74 Å². The van der Waals surface area contributed by atoms with Gasteiger partial charge in [-0.3, -0.25) is 9.59 Å². The van der Waals surface area contributed by atoms with E-state index < -0.39 is 0 Å². The zero-order valence-corrected chi connectivity index (χ0v) is 7.13. The molecule has 3 heteroatoms. The number of rotatable bonds is 1. The van der Waals surface area contributed by atoms with E-state index in [1.165, 1.54) is 7.11 Å². The maximum absolute atomic E-state index is 11.3. The Labute approximate surface area is 71.1 Å². The number of ether oxygens (including phenoxy) is 1. The van der Waals surface area contributed by atoms with E-state index in [1.54, 1.807) is 0 Å². The molecule has 2 atom stereocenters. The van der Waals surface area contributed by atoms with Crippen LogP contribution >= 0.6 is 0 Å². The van der Waals surface area contributed by atoms with E-state index in [1.807, 2.05) is 0 Å². The first kappa shape index (κ1) is 7.77. The Morgan fingerprint density at radius 1 is 1.67 bits per heavy atom. The highest BCUT2D eigenvalue weighted by molar-refractivity contribution is 5.95. The zero-order valence-electron chi connectivity index (χ0n) is 7.13. The molecule has 12 heavy (non-hydrogen) atoms. The van der Waals surface area contributed by atoms with Gasteiger partial charge in [-0.05, 0) is 19.3 Å². The second-order valence-corrected chi connectivity index (χ2v) is 3.72. The molecule has 0 radical (unpaired) electrons. The molecule has 2 aliphatic rings. The SMILES string of the molecule is COC(=O)C12CCCC(=O)C1C2. The molecule has 2 aliphatic carbocycles. The van der Waals surface area contributed by atoms with Crippen LogP contribution in [0.4, 0.5) is 0 Å². The van der Waals surface area contributed by atoms with Crippen LogP contribution < -0.4 is 0 Å². The molecule has 0 aromatic carbocycles. The molecular weight excluding hydrogens is 156 g/mol. The van der Waals surface area contributed by atoms with Crippen LogP contribution in [0.3, 0.4) is 0 Å². The van der Waals surface area contributed by atoms with Gasteiger partial charge in [-0.15, -0.1) is 0 Å². The summed E-state index contributed by atoms with van der Waals surface area (Å²) in [5.41, 5.74) is -0.385. The summed E-state index contributed by atoms with van der Waals surface area (Å²) < 4.78 is 4.69. The van der Waals surface area contributed by atoms with Crippen molar-refractivity contribution in [3.63, 3.8) is 0 Å². The first-order chi connectivity index (χ1) is 5.70. The van der Waals surface area contributed by atoms with Gasteiger partial charge in [0.05, 0.1) is 12.5 Å².